The van der Waals surface area contributed by atoms with Crippen molar-refractivity contribution in [3.05, 3.63) is 22.4 Å². The molecule has 128 valence electrons. The number of nitrogens with zero attached hydrogens (tertiary/aromatic N) is 1. The van der Waals surface area contributed by atoms with E-state index in [9.17, 15) is 14.7 Å². The molecular formula is C16H24N2O4S. The van der Waals surface area contributed by atoms with Gasteiger partial charge in [0, 0.05) is 17.5 Å². The molecule has 0 aliphatic carbocycles. The van der Waals surface area contributed by atoms with Crippen LogP contribution in [-0.2, 0) is 9.53 Å². The Kier molecular flexibility index (Phi) is 5.64. The average Bonchev–Trinajstić information content (AvgIpc) is 2.90. The van der Waals surface area contributed by atoms with Crippen LogP contribution < -0.4 is 5.32 Å². The van der Waals surface area contributed by atoms with Crippen molar-refractivity contribution in [2.45, 2.75) is 51.3 Å². The number of carboxylic acids is 1. The molecule has 1 aliphatic heterocycles. The van der Waals surface area contributed by atoms with E-state index >= 15 is 0 Å². The summed E-state index contributed by atoms with van der Waals surface area (Å²) in [7, 11) is 0. The highest BCUT2D eigenvalue weighted by molar-refractivity contribution is 7.10. The van der Waals surface area contributed by atoms with Crippen LogP contribution in [0.4, 0.5) is 4.79 Å². The number of ether oxygens (including phenoxy) is 1. The van der Waals surface area contributed by atoms with Gasteiger partial charge in [0.05, 0.1) is 0 Å². The molecule has 0 unspecified atom stereocenters. The zero-order valence-corrected chi connectivity index (χ0v) is 14.6. The van der Waals surface area contributed by atoms with Crippen molar-refractivity contribution in [2.24, 2.45) is 0 Å². The van der Waals surface area contributed by atoms with Crippen molar-refractivity contribution in [1.29, 1.82) is 0 Å². The van der Waals surface area contributed by atoms with Crippen molar-refractivity contribution in [3.63, 3.8) is 0 Å². The second kappa shape index (κ2) is 7.31. The quantitative estimate of drug-likeness (QED) is 0.881. The molecule has 0 radical (unpaired) electrons. The molecule has 7 heteroatoms. The van der Waals surface area contributed by atoms with Crippen LogP contribution in [-0.4, -0.2) is 46.8 Å². The fraction of sp³-hybridized carbons (Fsp3) is 0.625. The summed E-state index contributed by atoms with van der Waals surface area (Å²) >= 11 is 1.44. The van der Waals surface area contributed by atoms with Gasteiger partial charge in [0.25, 0.3) is 0 Å². The largest absolute Gasteiger partial charge is 0.480 e. The average molecular weight is 340 g/mol. The highest BCUT2D eigenvalue weighted by Crippen LogP contribution is 2.28. The zero-order valence-electron chi connectivity index (χ0n) is 13.7. The molecule has 6 nitrogen and oxygen atoms in total. The van der Waals surface area contributed by atoms with Crippen LogP contribution in [0.2, 0.25) is 0 Å². The first-order valence-corrected chi connectivity index (χ1v) is 8.64. The molecule has 2 rings (SSSR count). The van der Waals surface area contributed by atoms with Gasteiger partial charge in [-0.1, -0.05) is 6.07 Å². The number of carboxylic acid groups (broad SMARTS) is 1. The Morgan fingerprint density at radius 1 is 1.48 bits per heavy atom. The smallest absolute Gasteiger partial charge is 0.407 e. The number of piperidine rings is 1. The molecule has 0 saturated carbocycles. The van der Waals surface area contributed by atoms with E-state index in [1.54, 1.807) is 0 Å². The van der Waals surface area contributed by atoms with Crippen LogP contribution in [0.15, 0.2) is 17.5 Å². The molecule has 2 heterocycles. The van der Waals surface area contributed by atoms with Crippen molar-refractivity contribution in [3.8, 4) is 0 Å². The summed E-state index contributed by atoms with van der Waals surface area (Å²) < 4.78 is 5.27. The molecular weight excluding hydrogens is 316 g/mol. The van der Waals surface area contributed by atoms with Crippen molar-refractivity contribution < 1.29 is 19.4 Å². The number of amides is 1. The first-order valence-electron chi connectivity index (χ1n) is 7.76. The Balaban J connectivity index is 1.99. The number of rotatable bonds is 4. The molecule has 1 saturated heterocycles. The van der Waals surface area contributed by atoms with Gasteiger partial charge >= 0.3 is 12.1 Å². The Bertz CT molecular complexity index is 539. The minimum absolute atomic E-state index is 0.0968. The molecule has 1 amide bonds. The summed E-state index contributed by atoms with van der Waals surface area (Å²) in [6, 6.07) is 2.95. The van der Waals surface area contributed by atoms with E-state index < -0.39 is 23.7 Å². The number of aliphatic carboxylic acids is 1. The van der Waals surface area contributed by atoms with E-state index in [4.69, 9.17) is 4.74 Å². The fourth-order valence-electron chi connectivity index (χ4n) is 2.74. The topological polar surface area (TPSA) is 78.9 Å². The third kappa shape index (κ3) is 5.21. The molecule has 1 aromatic rings. The van der Waals surface area contributed by atoms with Crippen molar-refractivity contribution in [1.82, 2.24) is 10.2 Å². The number of hydrogen-bond donors (Lipinski definition) is 2. The van der Waals surface area contributed by atoms with Crippen LogP contribution in [0.5, 0.6) is 0 Å². The molecule has 1 fully saturated rings. The lowest BCUT2D eigenvalue weighted by Crippen LogP contribution is -2.50. The lowest BCUT2D eigenvalue weighted by Gasteiger charge is -2.36. The monoisotopic (exact) mass is 340 g/mol. The zero-order chi connectivity index (χ0) is 17.0. The normalized spacial score (nSPS) is 20.7. The number of alkyl carbamates (subject to hydrolysis) is 1. The third-order valence-corrected chi connectivity index (χ3v) is 4.51. The van der Waals surface area contributed by atoms with Gasteiger partial charge in [0.1, 0.15) is 11.6 Å². The lowest BCUT2D eigenvalue weighted by atomic mass is 10.0. The lowest BCUT2D eigenvalue weighted by molar-refractivity contribution is -0.144. The highest BCUT2D eigenvalue weighted by atomic mass is 32.1. The Labute approximate surface area is 140 Å². The molecule has 1 aromatic heterocycles. The summed E-state index contributed by atoms with van der Waals surface area (Å²) in [4.78, 5) is 26.3. The molecule has 0 aromatic carbocycles. The van der Waals surface area contributed by atoms with Crippen molar-refractivity contribution in [2.75, 3.05) is 13.1 Å². The summed E-state index contributed by atoms with van der Waals surface area (Å²) in [5, 5.41) is 14.3. The minimum Gasteiger partial charge on any atom is -0.480 e. The van der Waals surface area contributed by atoms with Gasteiger partial charge < -0.3 is 15.2 Å². The maximum Gasteiger partial charge on any atom is 0.407 e. The second-order valence-electron chi connectivity index (χ2n) is 6.74. The SMILES string of the molecule is CC(C)(C)OC(=O)N[C@H]1CCCN([C@H](C(=O)O)c2cccs2)C1. The molecule has 2 atom stereocenters. The second-order valence-corrected chi connectivity index (χ2v) is 7.72. The van der Waals surface area contributed by atoms with E-state index in [2.05, 4.69) is 5.32 Å². The Hall–Kier alpha value is -1.60. The first-order chi connectivity index (χ1) is 10.8. The van der Waals surface area contributed by atoms with Gasteiger partial charge in [-0.15, -0.1) is 11.3 Å². The van der Waals surface area contributed by atoms with Crippen LogP contribution in [0.25, 0.3) is 0 Å². The number of hydrogen-bond acceptors (Lipinski definition) is 5. The fourth-order valence-corrected chi connectivity index (χ4v) is 3.59. The number of likely N-dealkylation sites (tertiary alicyclic amines) is 1. The number of carbonyl (C=O) groups excluding carboxylic acids is 1. The van der Waals surface area contributed by atoms with E-state index in [0.29, 0.717) is 13.1 Å². The first kappa shape index (κ1) is 17.7. The summed E-state index contributed by atoms with van der Waals surface area (Å²) in [5.41, 5.74) is -0.543. The minimum atomic E-state index is -0.856. The van der Waals surface area contributed by atoms with E-state index in [-0.39, 0.29) is 6.04 Å². The molecule has 0 spiro atoms. The highest BCUT2D eigenvalue weighted by Gasteiger charge is 2.33. The number of nitrogens with one attached hydrogen (secondary N) is 1. The maximum absolute atomic E-state index is 11.9. The maximum atomic E-state index is 11.9. The van der Waals surface area contributed by atoms with Gasteiger partial charge in [-0.2, -0.15) is 0 Å². The summed E-state index contributed by atoms with van der Waals surface area (Å²) in [6.45, 7) is 6.67. The van der Waals surface area contributed by atoms with Gasteiger partial charge in [-0.25, -0.2) is 4.79 Å². The van der Waals surface area contributed by atoms with Gasteiger partial charge in [-0.05, 0) is 51.6 Å². The van der Waals surface area contributed by atoms with Gasteiger partial charge in [0.15, 0.2) is 0 Å². The predicted octanol–water partition coefficient (Wildman–Crippen LogP) is 2.86. The third-order valence-electron chi connectivity index (χ3n) is 3.59. The summed E-state index contributed by atoms with van der Waals surface area (Å²) in [5.74, 6) is -0.856. The van der Waals surface area contributed by atoms with Crippen LogP contribution in [0, 0.1) is 0 Å². The van der Waals surface area contributed by atoms with E-state index in [0.717, 1.165) is 17.7 Å². The summed E-state index contributed by atoms with van der Waals surface area (Å²) in [6.07, 6.45) is 1.22. The standard InChI is InChI=1S/C16H24N2O4S/c1-16(2,3)22-15(21)17-11-6-4-8-18(10-11)13(14(19)20)12-7-5-9-23-12/h5,7,9,11,13H,4,6,8,10H2,1-3H3,(H,17,21)(H,19,20)/t11-,13-/m0/s1. The van der Waals surface area contributed by atoms with Gasteiger partial charge in [-0.3, -0.25) is 9.69 Å². The van der Waals surface area contributed by atoms with Crippen LogP contribution >= 0.6 is 11.3 Å². The molecule has 2 N–H and O–H groups in total. The van der Waals surface area contributed by atoms with E-state index in [1.807, 2.05) is 43.2 Å². The van der Waals surface area contributed by atoms with Crippen LogP contribution in [0.1, 0.15) is 44.5 Å². The molecule has 23 heavy (non-hydrogen) atoms. The molecule has 0 bridgehead atoms. The van der Waals surface area contributed by atoms with E-state index in [1.165, 1.54) is 11.3 Å². The number of carbonyl (C=O) groups is 2. The van der Waals surface area contributed by atoms with Gasteiger partial charge in [0.2, 0.25) is 0 Å². The number of thiophene rings is 1. The Morgan fingerprint density at radius 3 is 2.78 bits per heavy atom. The predicted molar refractivity (Wildman–Crippen MR) is 88.7 cm³/mol. The molecule has 1 aliphatic rings. The van der Waals surface area contributed by atoms with Crippen molar-refractivity contribution >= 4 is 23.4 Å². The van der Waals surface area contributed by atoms with Crippen LogP contribution in [0.3, 0.4) is 0 Å². The Morgan fingerprint density at radius 2 is 2.22 bits per heavy atom.